The number of aryl methyl sites for hydroxylation is 2. The molecular weight excluding hydrogens is 244 g/mol. The molecule has 1 N–H and O–H groups in total. The van der Waals surface area contributed by atoms with Gasteiger partial charge in [-0.25, -0.2) is 14.8 Å². The highest BCUT2D eigenvalue weighted by Gasteiger charge is 2.16. The lowest BCUT2D eigenvalue weighted by Crippen LogP contribution is -2.03. The van der Waals surface area contributed by atoms with Gasteiger partial charge in [0.1, 0.15) is 17.6 Å². The minimum Gasteiger partial charge on any atom is -0.496 e. The molecule has 2 aromatic rings. The molecule has 0 unspecified atom stereocenters. The number of aromatic nitrogens is 2. The van der Waals surface area contributed by atoms with E-state index in [2.05, 4.69) is 9.97 Å². The molecule has 0 fully saturated rings. The van der Waals surface area contributed by atoms with E-state index in [0.29, 0.717) is 5.69 Å². The van der Waals surface area contributed by atoms with Crippen LogP contribution in [0.1, 0.15) is 21.5 Å². The first kappa shape index (κ1) is 13.0. The highest BCUT2D eigenvalue weighted by atomic mass is 16.5. The van der Waals surface area contributed by atoms with Gasteiger partial charge in [0.15, 0.2) is 0 Å². The number of hydrogen-bond acceptors (Lipinski definition) is 4. The van der Waals surface area contributed by atoms with E-state index in [-0.39, 0.29) is 5.56 Å². The summed E-state index contributed by atoms with van der Waals surface area (Å²) in [4.78, 5) is 19.1. The molecule has 98 valence electrons. The molecule has 5 nitrogen and oxygen atoms in total. The first-order valence-electron chi connectivity index (χ1n) is 5.73. The molecule has 0 amide bonds. The van der Waals surface area contributed by atoms with Crippen LogP contribution >= 0.6 is 0 Å². The SMILES string of the molecule is COc1cc(C)c(-c2ncncc2C(=O)O)cc1C. The molecule has 0 radical (unpaired) electrons. The maximum atomic E-state index is 11.2. The van der Waals surface area contributed by atoms with Crippen molar-refractivity contribution in [3.05, 3.63) is 41.3 Å². The van der Waals surface area contributed by atoms with Gasteiger partial charge in [-0.1, -0.05) is 0 Å². The lowest BCUT2D eigenvalue weighted by molar-refractivity contribution is 0.0697. The quantitative estimate of drug-likeness (QED) is 0.915. The van der Waals surface area contributed by atoms with Gasteiger partial charge in [0.2, 0.25) is 0 Å². The summed E-state index contributed by atoms with van der Waals surface area (Å²) in [6.07, 6.45) is 2.66. The first-order chi connectivity index (χ1) is 9.04. The molecule has 0 saturated carbocycles. The van der Waals surface area contributed by atoms with Crippen LogP contribution in [0.15, 0.2) is 24.7 Å². The van der Waals surface area contributed by atoms with Crippen molar-refractivity contribution in [1.29, 1.82) is 0 Å². The van der Waals surface area contributed by atoms with Crippen molar-refractivity contribution in [3.8, 4) is 17.0 Å². The van der Waals surface area contributed by atoms with Crippen LogP contribution in [0.4, 0.5) is 0 Å². The zero-order valence-corrected chi connectivity index (χ0v) is 11.0. The molecule has 0 aliphatic rings. The van der Waals surface area contributed by atoms with E-state index in [1.54, 1.807) is 7.11 Å². The third-order valence-electron chi connectivity index (χ3n) is 2.94. The van der Waals surface area contributed by atoms with Gasteiger partial charge in [-0.15, -0.1) is 0 Å². The second kappa shape index (κ2) is 5.06. The summed E-state index contributed by atoms with van der Waals surface area (Å²) in [5.41, 5.74) is 3.13. The van der Waals surface area contributed by atoms with Crippen LogP contribution in [0.5, 0.6) is 5.75 Å². The zero-order chi connectivity index (χ0) is 14.0. The largest absolute Gasteiger partial charge is 0.496 e. The van der Waals surface area contributed by atoms with Gasteiger partial charge in [0, 0.05) is 11.8 Å². The molecule has 5 heteroatoms. The minimum atomic E-state index is -1.04. The summed E-state index contributed by atoms with van der Waals surface area (Å²) in [5.74, 6) is -0.268. The lowest BCUT2D eigenvalue weighted by Gasteiger charge is -2.12. The highest BCUT2D eigenvalue weighted by Crippen LogP contribution is 2.30. The fraction of sp³-hybridized carbons (Fsp3) is 0.214. The molecule has 1 heterocycles. The summed E-state index contributed by atoms with van der Waals surface area (Å²) in [5, 5.41) is 9.18. The van der Waals surface area contributed by atoms with Crippen LogP contribution in [0.2, 0.25) is 0 Å². The summed E-state index contributed by atoms with van der Waals surface area (Å²) in [6, 6.07) is 3.75. The Balaban J connectivity index is 2.66. The Morgan fingerprint density at radius 1 is 1.26 bits per heavy atom. The molecule has 19 heavy (non-hydrogen) atoms. The van der Waals surface area contributed by atoms with Crippen molar-refractivity contribution in [2.75, 3.05) is 7.11 Å². The molecule has 0 bridgehead atoms. The number of carboxylic acids is 1. The van der Waals surface area contributed by atoms with Crippen LogP contribution in [0.3, 0.4) is 0 Å². The number of carbonyl (C=O) groups is 1. The molecule has 0 aliphatic carbocycles. The molecule has 0 spiro atoms. The summed E-state index contributed by atoms with van der Waals surface area (Å²) in [7, 11) is 1.61. The van der Waals surface area contributed by atoms with Gasteiger partial charge < -0.3 is 9.84 Å². The minimum absolute atomic E-state index is 0.0927. The lowest BCUT2D eigenvalue weighted by atomic mass is 9.99. The standard InChI is InChI=1S/C14H14N2O3/c1-8-5-12(19-3)9(2)4-10(8)13-11(14(17)18)6-15-7-16-13/h4-7H,1-3H3,(H,17,18). The number of nitrogens with zero attached hydrogens (tertiary/aromatic N) is 2. The van der Waals surface area contributed by atoms with E-state index in [4.69, 9.17) is 4.74 Å². The smallest absolute Gasteiger partial charge is 0.339 e. The molecule has 1 aromatic carbocycles. The third-order valence-corrected chi connectivity index (χ3v) is 2.94. The topological polar surface area (TPSA) is 72.3 Å². The van der Waals surface area contributed by atoms with Crippen LogP contribution in [-0.4, -0.2) is 28.2 Å². The molecule has 1 aromatic heterocycles. The monoisotopic (exact) mass is 258 g/mol. The van der Waals surface area contributed by atoms with Crippen LogP contribution in [0, 0.1) is 13.8 Å². The fourth-order valence-electron chi connectivity index (χ4n) is 1.97. The predicted octanol–water partition coefficient (Wildman–Crippen LogP) is 2.47. The fourth-order valence-corrected chi connectivity index (χ4v) is 1.97. The Kier molecular flexibility index (Phi) is 3.46. The van der Waals surface area contributed by atoms with Gasteiger partial charge in [-0.2, -0.15) is 0 Å². The van der Waals surface area contributed by atoms with E-state index in [0.717, 1.165) is 22.4 Å². The Bertz CT molecular complexity index is 639. The Labute approximate surface area is 110 Å². The van der Waals surface area contributed by atoms with Crippen LogP contribution in [0.25, 0.3) is 11.3 Å². The van der Waals surface area contributed by atoms with Gasteiger partial charge >= 0.3 is 5.97 Å². The summed E-state index contributed by atoms with van der Waals surface area (Å²) in [6.45, 7) is 3.80. The van der Waals surface area contributed by atoms with E-state index in [1.807, 2.05) is 26.0 Å². The number of methoxy groups -OCH3 is 1. The predicted molar refractivity (Wildman–Crippen MR) is 70.5 cm³/mol. The van der Waals surface area contributed by atoms with Crippen LogP contribution in [-0.2, 0) is 0 Å². The van der Waals surface area contributed by atoms with Gasteiger partial charge in [0.25, 0.3) is 0 Å². The van der Waals surface area contributed by atoms with Crippen molar-refractivity contribution in [3.63, 3.8) is 0 Å². The van der Waals surface area contributed by atoms with Crippen molar-refractivity contribution >= 4 is 5.97 Å². The Morgan fingerprint density at radius 2 is 2.00 bits per heavy atom. The maximum absolute atomic E-state index is 11.2. The number of rotatable bonds is 3. The molecular formula is C14H14N2O3. The molecule has 0 atom stereocenters. The average Bonchev–Trinajstić information content (AvgIpc) is 2.40. The van der Waals surface area contributed by atoms with E-state index in [9.17, 15) is 9.90 Å². The van der Waals surface area contributed by atoms with E-state index in [1.165, 1.54) is 12.5 Å². The second-order valence-electron chi connectivity index (χ2n) is 4.23. The number of aromatic carboxylic acids is 1. The van der Waals surface area contributed by atoms with Crippen LogP contribution < -0.4 is 4.74 Å². The summed E-state index contributed by atoms with van der Waals surface area (Å²) >= 11 is 0. The molecule has 0 aliphatic heterocycles. The number of carboxylic acid groups (broad SMARTS) is 1. The Morgan fingerprint density at radius 3 is 2.63 bits per heavy atom. The van der Waals surface area contributed by atoms with Crippen molar-refractivity contribution in [1.82, 2.24) is 9.97 Å². The van der Waals surface area contributed by atoms with Crippen molar-refractivity contribution in [2.24, 2.45) is 0 Å². The average molecular weight is 258 g/mol. The van der Waals surface area contributed by atoms with Crippen molar-refractivity contribution < 1.29 is 14.6 Å². The molecule has 2 rings (SSSR count). The van der Waals surface area contributed by atoms with E-state index < -0.39 is 5.97 Å². The normalized spacial score (nSPS) is 10.3. The Hall–Kier alpha value is -2.43. The van der Waals surface area contributed by atoms with Crippen molar-refractivity contribution in [2.45, 2.75) is 13.8 Å². The van der Waals surface area contributed by atoms with Gasteiger partial charge in [-0.05, 0) is 37.1 Å². The summed E-state index contributed by atoms with van der Waals surface area (Å²) < 4.78 is 5.25. The second-order valence-corrected chi connectivity index (χ2v) is 4.23. The number of hydrogen-bond donors (Lipinski definition) is 1. The molecule has 0 saturated heterocycles. The highest BCUT2D eigenvalue weighted by molar-refractivity contribution is 5.94. The van der Waals surface area contributed by atoms with Gasteiger partial charge in [0.05, 0.1) is 12.8 Å². The maximum Gasteiger partial charge on any atom is 0.339 e. The zero-order valence-electron chi connectivity index (χ0n) is 11.0. The first-order valence-corrected chi connectivity index (χ1v) is 5.73. The van der Waals surface area contributed by atoms with Gasteiger partial charge in [-0.3, -0.25) is 0 Å². The number of benzene rings is 1. The number of ether oxygens (including phenoxy) is 1. The van der Waals surface area contributed by atoms with E-state index >= 15 is 0 Å². The third kappa shape index (κ3) is 2.40.